The van der Waals surface area contributed by atoms with Crippen molar-refractivity contribution >= 4 is 50.3 Å². The minimum Gasteiger partial charge on any atom is -0.444 e. The van der Waals surface area contributed by atoms with Gasteiger partial charge in [0.25, 0.3) is 0 Å². The summed E-state index contributed by atoms with van der Waals surface area (Å²) in [6.07, 6.45) is -0.672. The standard InChI is InChI=1S/C12H14BrFINO2/c1-6-9(14)8(5-7(13)10(6)15)16-11(17)18-12(2,3)4/h5H,1-4H3,(H,16,17). The molecule has 0 spiro atoms. The summed E-state index contributed by atoms with van der Waals surface area (Å²) in [4.78, 5) is 11.6. The van der Waals surface area contributed by atoms with Crippen LogP contribution < -0.4 is 5.32 Å². The molecule has 0 radical (unpaired) electrons. The van der Waals surface area contributed by atoms with Crippen LogP contribution in [0.1, 0.15) is 26.3 Å². The first-order chi connectivity index (χ1) is 8.11. The van der Waals surface area contributed by atoms with Crippen LogP contribution in [0.25, 0.3) is 0 Å². The monoisotopic (exact) mass is 429 g/mol. The number of benzene rings is 1. The first kappa shape index (κ1) is 15.7. The molecular formula is C12H14BrFINO2. The molecule has 1 amide bonds. The van der Waals surface area contributed by atoms with Crippen LogP contribution in [0.15, 0.2) is 10.5 Å². The number of ether oxygens (including phenoxy) is 1. The number of carbonyl (C=O) groups is 1. The van der Waals surface area contributed by atoms with Gasteiger partial charge in [-0.3, -0.25) is 5.32 Å². The van der Waals surface area contributed by atoms with Crippen molar-refractivity contribution in [2.24, 2.45) is 0 Å². The van der Waals surface area contributed by atoms with Crippen molar-refractivity contribution in [1.29, 1.82) is 0 Å². The lowest BCUT2D eigenvalue weighted by atomic mass is 10.2. The van der Waals surface area contributed by atoms with E-state index in [9.17, 15) is 9.18 Å². The zero-order valence-corrected chi connectivity index (χ0v) is 14.3. The SMILES string of the molecule is Cc1c(F)c(NC(=O)OC(C)(C)C)cc(Br)c1I. The Bertz CT molecular complexity index is 486. The van der Waals surface area contributed by atoms with E-state index in [4.69, 9.17) is 4.74 Å². The van der Waals surface area contributed by atoms with Gasteiger partial charge < -0.3 is 4.74 Å². The van der Waals surface area contributed by atoms with E-state index in [0.717, 1.165) is 8.04 Å². The predicted molar refractivity (Wildman–Crippen MR) is 81.4 cm³/mol. The highest BCUT2D eigenvalue weighted by Gasteiger charge is 2.19. The van der Waals surface area contributed by atoms with Gasteiger partial charge in [0.1, 0.15) is 5.60 Å². The van der Waals surface area contributed by atoms with Gasteiger partial charge >= 0.3 is 6.09 Å². The Morgan fingerprint density at radius 1 is 1.50 bits per heavy atom. The van der Waals surface area contributed by atoms with E-state index in [0.29, 0.717) is 5.56 Å². The van der Waals surface area contributed by atoms with Crippen molar-refractivity contribution in [2.45, 2.75) is 33.3 Å². The average Bonchev–Trinajstić information content (AvgIpc) is 2.20. The summed E-state index contributed by atoms with van der Waals surface area (Å²) in [5.41, 5.74) is -0.0270. The Morgan fingerprint density at radius 3 is 2.56 bits per heavy atom. The maximum absolute atomic E-state index is 13.9. The summed E-state index contributed by atoms with van der Waals surface area (Å²) in [6.45, 7) is 6.90. The summed E-state index contributed by atoms with van der Waals surface area (Å²) in [7, 11) is 0. The summed E-state index contributed by atoms with van der Waals surface area (Å²) < 4.78 is 20.5. The van der Waals surface area contributed by atoms with Gasteiger partial charge in [-0.05, 0) is 72.3 Å². The van der Waals surface area contributed by atoms with Crippen LogP contribution in [0, 0.1) is 16.3 Å². The zero-order chi connectivity index (χ0) is 14.1. The van der Waals surface area contributed by atoms with Crippen LogP contribution in [0.5, 0.6) is 0 Å². The Labute approximate surface area is 128 Å². The minimum atomic E-state index is -0.672. The number of rotatable bonds is 1. The van der Waals surface area contributed by atoms with E-state index in [-0.39, 0.29) is 5.69 Å². The fraction of sp³-hybridized carbons (Fsp3) is 0.417. The van der Waals surface area contributed by atoms with E-state index in [1.54, 1.807) is 27.7 Å². The van der Waals surface area contributed by atoms with Gasteiger partial charge in [-0.15, -0.1) is 0 Å². The van der Waals surface area contributed by atoms with E-state index >= 15 is 0 Å². The van der Waals surface area contributed by atoms with Gasteiger partial charge in [0.2, 0.25) is 0 Å². The molecule has 1 aromatic rings. The Kier molecular flexibility index (Phi) is 4.99. The summed E-state index contributed by atoms with van der Waals surface area (Å²) in [6, 6.07) is 1.52. The van der Waals surface area contributed by atoms with E-state index < -0.39 is 17.5 Å². The number of halogens is 3. The molecule has 0 fully saturated rings. The van der Waals surface area contributed by atoms with Crippen LogP contribution in [-0.2, 0) is 4.74 Å². The fourth-order valence-electron chi connectivity index (χ4n) is 1.24. The summed E-state index contributed by atoms with van der Waals surface area (Å²) in [5.74, 6) is -0.451. The average molecular weight is 430 g/mol. The predicted octanol–water partition coefficient (Wildman–Crippen LogP) is 4.85. The molecule has 0 aliphatic heterocycles. The highest BCUT2D eigenvalue weighted by Crippen LogP contribution is 2.30. The molecule has 18 heavy (non-hydrogen) atoms. The number of carbonyl (C=O) groups excluding carboxylic acids is 1. The molecule has 0 aromatic heterocycles. The van der Waals surface area contributed by atoms with Crippen LogP contribution in [0.3, 0.4) is 0 Å². The van der Waals surface area contributed by atoms with Crippen LogP contribution in [0.4, 0.5) is 14.9 Å². The lowest BCUT2D eigenvalue weighted by Gasteiger charge is -2.20. The van der Waals surface area contributed by atoms with Crippen molar-refractivity contribution in [3.05, 3.63) is 25.5 Å². The number of hydrogen-bond donors (Lipinski definition) is 1. The molecule has 0 saturated heterocycles. The molecular weight excluding hydrogens is 416 g/mol. The lowest BCUT2D eigenvalue weighted by Crippen LogP contribution is -2.27. The molecule has 1 N–H and O–H groups in total. The topological polar surface area (TPSA) is 38.3 Å². The van der Waals surface area contributed by atoms with Crippen molar-refractivity contribution in [3.8, 4) is 0 Å². The maximum atomic E-state index is 13.9. The van der Waals surface area contributed by atoms with Gasteiger partial charge in [-0.1, -0.05) is 0 Å². The summed E-state index contributed by atoms with van der Waals surface area (Å²) >= 11 is 5.35. The van der Waals surface area contributed by atoms with Crippen molar-refractivity contribution in [1.82, 2.24) is 0 Å². The highest BCUT2D eigenvalue weighted by atomic mass is 127. The molecule has 100 valence electrons. The second kappa shape index (κ2) is 5.73. The van der Waals surface area contributed by atoms with Crippen molar-refractivity contribution < 1.29 is 13.9 Å². The van der Waals surface area contributed by atoms with Crippen LogP contribution in [0.2, 0.25) is 0 Å². The second-order valence-electron chi connectivity index (χ2n) is 4.79. The molecule has 0 atom stereocenters. The molecule has 0 bridgehead atoms. The number of nitrogens with one attached hydrogen (secondary N) is 1. The third-order valence-electron chi connectivity index (χ3n) is 2.01. The molecule has 0 heterocycles. The number of hydrogen-bond acceptors (Lipinski definition) is 2. The number of anilines is 1. The van der Waals surface area contributed by atoms with Crippen molar-refractivity contribution in [3.63, 3.8) is 0 Å². The minimum absolute atomic E-state index is 0.106. The Hall–Kier alpha value is -0.370. The zero-order valence-electron chi connectivity index (χ0n) is 10.5. The maximum Gasteiger partial charge on any atom is 0.412 e. The molecule has 0 unspecified atom stereocenters. The van der Waals surface area contributed by atoms with Gasteiger partial charge in [-0.2, -0.15) is 0 Å². The van der Waals surface area contributed by atoms with E-state index in [2.05, 4.69) is 21.2 Å². The molecule has 1 aromatic carbocycles. The molecule has 0 saturated carbocycles. The van der Waals surface area contributed by atoms with Gasteiger partial charge in [0, 0.05) is 13.6 Å². The van der Waals surface area contributed by atoms with Gasteiger partial charge in [0.05, 0.1) is 5.69 Å². The number of amides is 1. The van der Waals surface area contributed by atoms with Crippen LogP contribution >= 0.6 is 38.5 Å². The summed E-state index contributed by atoms with van der Waals surface area (Å²) in [5, 5.41) is 2.41. The normalized spacial score (nSPS) is 11.3. The first-order valence-electron chi connectivity index (χ1n) is 5.26. The third kappa shape index (κ3) is 4.08. The Balaban J connectivity index is 2.96. The third-order valence-corrected chi connectivity index (χ3v) is 4.77. The molecule has 3 nitrogen and oxygen atoms in total. The molecule has 0 aliphatic carbocycles. The molecule has 0 aliphatic rings. The van der Waals surface area contributed by atoms with E-state index in [1.165, 1.54) is 6.07 Å². The lowest BCUT2D eigenvalue weighted by molar-refractivity contribution is 0.0635. The smallest absolute Gasteiger partial charge is 0.412 e. The van der Waals surface area contributed by atoms with E-state index in [1.807, 2.05) is 22.6 Å². The Morgan fingerprint density at radius 2 is 2.06 bits per heavy atom. The first-order valence-corrected chi connectivity index (χ1v) is 7.13. The highest BCUT2D eigenvalue weighted by molar-refractivity contribution is 14.1. The quantitative estimate of drug-likeness (QED) is 0.512. The second-order valence-corrected chi connectivity index (χ2v) is 6.72. The van der Waals surface area contributed by atoms with Gasteiger partial charge in [0.15, 0.2) is 5.82 Å². The van der Waals surface area contributed by atoms with Crippen LogP contribution in [-0.4, -0.2) is 11.7 Å². The fourth-order valence-corrected chi connectivity index (χ4v) is 2.15. The molecule has 1 rings (SSSR count). The largest absolute Gasteiger partial charge is 0.444 e. The molecule has 6 heteroatoms. The van der Waals surface area contributed by atoms with Crippen molar-refractivity contribution in [2.75, 3.05) is 5.32 Å². The van der Waals surface area contributed by atoms with Gasteiger partial charge in [-0.25, -0.2) is 9.18 Å².